The molecule has 0 aliphatic carbocycles. The van der Waals surface area contributed by atoms with E-state index in [4.69, 9.17) is 5.11 Å². The molecule has 0 aliphatic heterocycles. The standard InChI is InChI=1S/C18H14FN3O2/c1-11-9-16(21-15-4-2-3-13(10-15)18(23)24)22-17(20-11)12-5-7-14(19)8-6-12/h2-10H,1H3,(H,23,24)(H,20,21,22). The van der Waals surface area contributed by atoms with Crippen molar-refractivity contribution in [1.29, 1.82) is 0 Å². The number of hydrogen-bond donors (Lipinski definition) is 2. The molecule has 0 atom stereocenters. The van der Waals surface area contributed by atoms with E-state index < -0.39 is 5.97 Å². The van der Waals surface area contributed by atoms with Crippen molar-refractivity contribution in [3.8, 4) is 11.4 Å². The second-order valence-corrected chi connectivity index (χ2v) is 5.24. The second-order valence-electron chi connectivity index (χ2n) is 5.24. The molecule has 0 unspecified atom stereocenters. The molecule has 0 fully saturated rings. The number of rotatable bonds is 4. The zero-order chi connectivity index (χ0) is 17.1. The number of nitrogens with one attached hydrogen (secondary N) is 1. The Morgan fingerprint density at radius 2 is 1.83 bits per heavy atom. The van der Waals surface area contributed by atoms with Crippen molar-refractivity contribution in [3.63, 3.8) is 0 Å². The highest BCUT2D eigenvalue weighted by atomic mass is 19.1. The fraction of sp³-hybridized carbons (Fsp3) is 0.0556. The Kier molecular flexibility index (Phi) is 4.20. The van der Waals surface area contributed by atoms with Crippen LogP contribution >= 0.6 is 0 Å². The van der Waals surface area contributed by atoms with Crippen molar-refractivity contribution >= 4 is 17.5 Å². The Bertz CT molecular complexity index is 895. The largest absolute Gasteiger partial charge is 0.478 e. The number of nitrogens with zero attached hydrogens (tertiary/aromatic N) is 2. The third-order valence-electron chi connectivity index (χ3n) is 3.34. The Labute approximate surface area is 137 Å². The molecule has 0 amide bonds. The van der Waals surface area contributed by atoms with Crippen molar-refractivity contribution in [2.24, 2.45) is 0 Å². The summed E-state index contributed by atoms with van der Waals surface area (Å²) in [7, 11) is 0. The van der Waals surface area contributed by atoms with E-state index in [1.165, 1.54) is 24.3 Å². The Balaban J connectivity index is 1.93. The van der Waals surface area contributed by atoms with Gasteiger partial charge in [0.1, 0.15) is 11.6 Å². The first-order valence-corrected chi connectivity index (χ1v) is 7.23. The number of carbonyl (C=O) groups is 1. The van der Waals surface area contributed by atoms with E-state index in [1.54, 1.807) is 30.3 Å². The maximum atomic E-state index is 13.1. The van der Waals surface area contributed by atoms with Crippen LogP contribution in [0.4, 0.5) is 15.9 Å². The topological polar surface area (TPSA) is 75.1 Å². The van der Waals surface area contributed by atoms with Gasteiger partial charge in [-0.15, -0.1) is 0 Å². The molecule has 0 radical (unpaired) electrons. The molecular formula is C18H14FN3O2. The highest BCUT2D eigenvalue weighted by molar-refractivity contribution is 5.89. The van der Waals surface area contributed by atoms with E-state index in [1.807, 2.05) is 6.92 Å². The van der Waals surface area contributed by atoms with Crippen LogP contribution in [0.3, 0.4) is 0 Å². The lowest BCUT2D eigenvalue weighted by Crippen LogP contribution is -2.01. The van der Waals surface area contributed by atoms with Crippen LogP contribution in [-0.2, 0) is 0 Å². The van der Waals surface area contributed by atoms with Gasteiger partial charge in [-0.05, 0) is 49.4 Å². The van der Waals surface area contributed by atoms with Crippen LogP contribution in [0.1, 0.15) is 16.1 Å². The Morgan fingerprint density at radius 3 is 2.54 bits per heavy atom. The highest BCUT2D eigenvalue weighted by Gasteiger charge is 2.07. The minimum Gasteiger partial charge on any atom is -0.478 e. The fourth-order valence-electron chi connectivity index (χ4n) is 2.24. The Morgan fingerprint density at radius 1 is 1.08 bits per heavy atom. The highest BCUT2D eigenvalue weighted by Crippen LogP contribution is 2.21. The van der Waals surface area contributed by atoms with Crippen molar-refractivity contribution in [2.75, 3.05) is 5.32 Å². The number of anilines is 2. The van der Waals surface area contributed by atoms with Gasteiger partial charge in [0.25, 0.3) is 0 Å². The molecule has 0 saturated carbocycles. The minimum absolute atomic E-state index is 0.185. The van der Waals surface area contributed by atoms with Crippen LogP contribution in [0.25, 0.3) is 11.4 Å². The van der Waals surface area contributed by atoms with Gasteiger partial charge in [0.05, 0.1) is 5.56 Å². The number of carboxylic acids is 1. The number of aryl methyl sites for hydroxylation is 1. The van der Waals surface area contributed by atoms with Crippen LogP contribution in [0.5, 0.6) is 0 Å². The SMILES string of the molecule is Cc1cc(Nc2cccc(C(=O)O)c2)nc(-c2ccc(F)cc2)n1. The van der Waals surface area contributed by atoms with Crippen LogP contribution < -0.4 is 5.32 Å². The van der Waals surface area contributed by atoms with Crippen LogP contribution in [0.2, 0.25) is 0 Å². The van der Waals surface area contributed by atoms with Gasteiger partial charge in [0.15, 0.2) is 5.82 Å². The summed E-state index contributed by atoms with van der Waals surface area (Å²) in [5.74, 6) is -0.323. The molecule has 0 saturated heterocycles. The van der Waals surface area contributed by atoms with E-state index in [2.05, 4.69) is 15.3 Å². The summed E-state index contributed by atoms with van der Waals surface area (Å²) in [6.07, 6.45) is 0. The molecule has 2 aromatic carbocycles. The zero-order valence-corrected chi connectivity index (χ0v) is 12.8. The van der Waals surface area contributed by atoms with Gasteiger partial charge in [-0.2, -0.15) is 0 Å². The molecular weight excluding hydrogens is 309 g/mol. The van der Waals surface area contributed by atoms with E-state index in [-0.39, 0.29) is 11.4 Å². The molecule has 3 rings (SSSR count). The molecule has 0 aliphatic rings. The van der Waals surface area contributed by atoms with Gasteiger partial charge in [-0.3, -0.25) is 0 Å². The zero-order valence-electron chi connectivity index (χ0n) is 12.8. The lowest BCUT2D eigenvalue weighted by atomic mass is 10.2. The van der Waals surface area contributed by atoms with E-state index in [0.717, 1.165) is 5.69 Å². The molecule has 120 valence electrons. The molecule has 0 spiro atoms. The molecule has 1 aromatic heterocycles. The molecule has 3 aromatic rings. The average molecular weight is 323 g/mol. The third kappa shape index (κ3) is 3.55. The predicted octanol–water partition coefficient (Wildman–Crippen LogP) is 4.03. The van der Waals surface area contributed by atoms with Gasteiger partial charge in [-0.25, -0.2) is 19.2 Å². The number of aromatic nitrogens is 2. The predicted molar refractivity (Wildman–Crippen MR) is 88.8 cm³/mol. The smallest absolute Gasteiger partial charge is 0.335 e. The van der Waals surface area contributed by atoms with Crippen molar-refractivity contribution in [2.45, 2.75) is 6.92 Å². The van der Waals surface area contributed by atoms with Crippen molar-refractivity contribution < 1.29 is 14.3 Å². The van der Waals surface area contributed by atoms with Crippen molar-refractivity contribution in [3.05, 3.63) is 71.7 Å². The van der Waals surface area contributed by atoms with Gasteiger partial charge in [0, 0.05) is 23.0 Å². The number of hydrogen-bond acceptors (Lipinski definition) is 4. The normalized spacial score (nSPS) is 10.4. The lowest BCUT2D eigenvalue weighted by Gasteiger charge is -2.09. The third-order valence-corrected chi connectivity index (χ3v) is 3.34. The molecule has 1 heterocycles. The summed E-state index contributed by atoms with van der Waals surface area (Å²) in [4.78, 5) is 19.8. The number of carboxylic acid groups (broad SMARTS) is 1. The van der Waals surface area contributed by atoms with Crippen LogP contribution in [0.15, 0.2) is 54.6 Å². The summed E-state index contributed by atoms with van der Waals surface area (Å²) in [5, 5.41) is 12.1. The molecule has 5 nitrogen and oxygen atoms in total. The summed E-state index contributed by atoms with van der Waals surface area (Å²) in [6, 6.07) is 14.1. The second kappa shape index (κ2) is 6.45. The molecule has 24 heavy (non-hydrogen) atoms. The lowest BCUT2D eigenvalue weighted by molar-refractivity contribution is 0.0697. The van der Waals surface area contributed by atoms with E-state index in [9.17, 15) is 9.18 Å². The Hall–Kier alpha value is -3.28. The first-order chi connectivity index (χ1) is 11.5. The van der Waals surface area contributed by atoms with E-state index in [0.29, 0.717) is 22.9 Å². The summed E-state index contributed by atoms with van der Waals surface area (Å²) >= 11 is 0. The summed E-state index contributed by atoms with van der Waals surface area (Å²) < 4.78 is 13.1. The van der Waals surface area contributed by atoms with Crippen molar-refractivity contribution in [1.82, 2.24) is 9.97 Å². The van der Waals surface area contributed by atoms with Crippen LogP contribution in [0, 0.1) is 12.7 Å². The van der Waals surface area contributed by atoms with Gasteiger partial charge < -0.3 is 10.4 Å². The fourth-order valence-corrected chi connectivity index (χ4v) is 2.24. The first-order valence-electron chi connectivity index (χ1n) is 7.23. The van der Waals surface area contributed by atoms with E-state index >= 15 is 0 Å². The summed E-state index contributed by atoms with van der Waals surface area (Å²) in [6.45, 7) is 1.83. The molecule has 0 bridgehead atoms. The maximum Gasteiger partial charge on any atom is 0.335 e. The molecule has 6 heteroatoms. The van der Waals surface area contributed by atoms with Gasteiger partial charge >= 0.3 is 5.97 Å². The molecule has 2 N–H and O–H groups in total. The first kappa shape index (κ1) is 15.6. The number of aromatic carboxylic acids is 1. The van der Waals surface area contributed by atoms with Crippen LogP contribution in [-0.4, -0.2) is 21.0 Å². The number of benzene rings is 2. The minimum atomic E-state index is -0.996. The average Bonchev–Trinajstić information content (AvgIpc) is 2.55. The maximum absolute atomic E-state index is 13.1. The van der Waals surface area contributed by atoms with Gasteiger partial charge in [-0.1, -0.05) is 6.07 Å². The number of halogens is 1. The quantitative estimate of drug-likeness (QED) is 0.758. The summed E-state index contributed by atoms with van der Waals surface area (Å²) in [5.41, 5.74) is 2.23. The monoisotopic (exact) mass is 323 g/mol. The van der Waals surface area contributed by atoms with Gasteiger partial charge in [0.2, 0.25) is 0 Å².